The molecule has 0 aliphatic heterocycles. The summed E-state index contributed by atoms with van der Waals surface area (Å²) in [7, 11) is 0. The first kappa shape index (κ1) is 11.9. The summed E-state index contributed by atoms with van der Waals surface area (Å²) >= 11 is 0. The Morgan fingerprint density at radius 1 is 1.38 bits per heavy atom. The maximum absolute atomic E-state index is 11.9. The van der Waals surface area contributed by atoms with Gasteiger partial charge in [-0.2, -0.15) is 0 Å². The van der Waals surface area contributed by atoms with Crippen molar-refractivity contribution >= 4 is 5.91 Å². The molecule has 1 amide bonds. The summed E-state index contributed by atoms with van der Waals surface area (Å²) < 4.78 is 0. The van der Waals surface area contributed by atoms with Crippen molar-refractivity contribution in [2.24, 2.45) is 23.7 Å². The molecule has 2 fully saturated rings. The Morgan fingerprint density at radius 2 is 2.06 bits per heavy atom. The maximum atomic E-state index is 11.9. The van der Waals surface area contributed by atoms with Crippen LogP contribution in [-0.2, 0) is 4.79 Å². The Hall–Kier alpha value is -0.570. The van der Waals surface area contributed by atoms with Crippen molar-refractivity contribution in [3.8, 4) is 0 Å². The van der Waals surface area contributed by atoms with Gasteiger partial charge in [-0.3, -0.25) is 4.79 Å². The molecule has 2 N–H and O–H groups in total. The molecule has 92 valence electrons. The molecule has 3 nitrogen and oxygen atoms in total. The molecule has 2 saturated carbocycles. The quantitative estimate of drug-likeness (QED) is 0.720. The molecule has 2 rings (SSSR count). The highest BCUT2D eigenvalue weighted by Crippen LogP contribution is 2.54. The molecule has 3 atom stereocenters. The fourth-order valence-corrected chi connectivity index (χ4v) is 2.95. The van der Waals surface area contributed by atoms with Crippen molar-refractivity contribution in [1.82, 2.24) is 5.32 Å². The summed E-state index contributed by atoms with van der Waals surface area (Å²) in [5.74, 6) is 2.72. The first-order valence-electron chi connectivity index (χ1n) is 6.63. The van der Waals surface area contributed by atoms with Crippen LogP contribution in [0, 0.1) is 23.7 Å². The number of hydrogen-bond acceptors (Lipinski definition) is 2. The van der Waals surface area contributed by atoms with Crippen LogP contribution < -0.4 is 5.32 Å². The maximum Gasteiger partial charge on any atom is 0.223 e. The van der Waals surface area contributed by atoms with Gasteiger partial charge in [0.2, 0.25) is 5.91 Å². The third-order valence-corrected chi connectivity index (χ3v) is 4.29. The molecule has 0 aromatic carbocycles. The van der Waals surface area contributed by atoms with E-state index >= 15 is 0 Å². The van der Waals surface area contributed by atoms with E-state index in [0.717, 1.165) is 44.1 Å². The average molecular weight is 225 g/mol. The highest BCUT2D eigenvalue weighted by molar-refractivity contribution is 5.79. The van der Waals surface area contributed by atoms with Crippen molar-refractivity contribution in [1.29, 1.82) is 0 Å². The van der Waals surface area contributed by atoms with Crippen LogP contribution in [0.1, 0.15) is 39.0 Å². The monoisotopic (exact) mass is 225 g/mol. The van der Waals surface area contributed by atoms with Crippen molar-refractivity contribution in [3.63, 3.8) is 0 Å². The number of carbonyl (C=O) groups is 1. The van der Waals surface area contributed by atoms with Gasteiger partial charge < -0.3 is 10.4 Å². The van der Waals surface area contributed by atoms with Gasteiger partial charge in [0.15, 0.2) is 0 Å². The highest BCUT2D eigenvalue weighted by Gasteiger charge is 2.47. The van der Waals surface area contributed by atoms with Crippen LogP contribution in [-0.4, -0.2) is 24.2 Å². The van der Waals surface area contributed by atoms with Gasteiger partial charge in [-0.1, -0.05) is 13.3 Å². The van der Waals surface area contributed by atoms with Crippen molar-refractivity contribution in [2.75, 3.05) is 13.2 Å². The zero-order valence-electron chi connectivity index (χ0n) is 10.1. The lowest BCUT2D eigenvalue weighted by molar-refractivity contribution is -0.125. The zero-order chi connectivity index (χ0) is 11.5. The first-order chi connectivity index (χ1) is 7.74. The van der Waals surface area contributed by atoms with Gasteiger partial charge in [-0.25, -0.2) is 0 Å². The summed E-state index contributed by atoms with van der Waals surface area (Å²) in [4.78, 5) is 11.9. The number of carbonyl (C=O) groups excluding carboxylic acids is 1. The van der Waals surface area contributed by atoms with E-state index in [-0.39, 0.29) is 18.4 Å². The molecule has 3 unspecified atom stereocenters. The molecule has 2 aliphatic carbocycles. The van der Waals surface area contributed by atoms with E-state index in [9.17, 15) is 4.79 Å². The Kier molecular flexibility index (Phi) is 3.85. The lowest BCUT2D eigenvalue weighted by atomic mass is 10.0. The third-order valence-electron chi connectivity index (χ3n) is 4.29. The predicted molar refractivity (Wildman–Crippen MR) is 62.8 cm³/mol. The number of aliphatic hydroxyl groups is 1. The minimum atomic E-state index is 0.224. The van der Waals surface area contributed by atoms with Crippen molar-refractivity contribution in [2.45, 2.75) is 39.0 Å². The normalized spacial score (nSPS) is 33.2. The molecule has 0 aromatic heterocycles. The third kappa shape index (κ3) is 2.76. The van der Waals surface area contributed by atoms with Gasteiger partial charge in [0.1, 0.15) is 0 Å². The van der Waals surface area contributed by atoms with Crippen LogP contribution in [0.25, 0.3) is 0 Å². The summed E-state index contributed by atoms with van der Waals surface area (Å²) in [6, 6.07) is 0. The molecule has 16 heavy (non-hydrogen) atoms. The van der Waals surface area contributed by atoms with Gasteiger partial charge in [0.25, 0.3) is 0 Å². The van der Waals surface area contributed by atoms with E-state index < -0.39 is 0 Å². The molecular formula is C13H23NO2. The second-order valence-corrected chi connectivity index (χ2v) is 5.46. The standard InChI is InChI=1S/C13H23NO2/c1-2-9(3-4-15)8-14-13(16)12-6-10-5-11(10)7-12/h9-12,15H,2-8H2,1H3,(H,14,16). The molecule has 2 aliphatic rings. The van der Waals surface area contributed by atoms with Crippen LogP contribution in [0.15, 0.2) is 0 Å². The van der Waals surface area contributed by atoms with E-state index in [1.807, 2.05) is 0 Å². The predicted octanol–water partition coefficient (Wildman–Crippen LogP) is 1.56. The van der Waals surface area contributed by atoms with Crippen LogP contribution in [0.5, 0.6) is 0 Å². The number of nitrogens with one attached hydrogen (secondary N) is 1. The largest absolute Gasteiger partial charge is 0.396 e. The number of rotatable bonds is 6. The highest BCUT2D eigenvalue weighted by atomic mass is 16.3. The van der Waals surface area contributed by atoms with Crippen LogP contribution >= 0.6 is 0 Å². The SMILES string of the molecule is CCC(CCO)CNC(=O)C1CC2CC2C1. The van der Waals surface area contributed by atoms with Crippen LogP contribution in [0.3, 0.4) is 0 Å². The number of amides is 1. The molecule has 0 heterocycles. The zero-order valence-corrected chi connectivity index (χ0v) is 10.1. The van der Waals surface area contributed by atoms with Gasteiger partial charge in [-0.15, -0.1) is 0 Å². The lowest BCUT2D eigenvalue weighted by Gasteiger charge is -2.17. The molecular weight excluding hydrogens is 202 g/mol. The molecule has 0 aromatic rings. The Bertz CT molecular complexity index is 244. The van der Waals surface area contributed by atoms with E-state index in [1.165, 1.54) is 6.42 Å². The minimum absolute atomic E-state index is 0.224. The van der Waals surface area contributed by atoms with Gasteiger partial charge in [0, 0.05) is 19.1 Å². The fraction of sp³-hybridized carbons (Fsp3) is 0.923. The Labute approximate surface area is 97.6 Å². The Morgan fingerprint density at radius 3 is 2.62 bits per heavy atom. The number of aliphatic hydroxyl groups excluding tert-OH is 1. The van der Waals surface area contributed by atoms with Crippen LogP contribution in [0.2, 0.25) is 0 Å². The van der Waals surface area contributed by atoms with Gasteiger partial charge in [-0.05, 0) is 43.4 Å². The molecule has 0 radical (unpaired) electrons. The number of hydrogen-bond donors (Lipinski definition) is 2. The summed E-state index contributed by atoms with van der Waals surface area (Å²) in [6.45, 7) is 3.07. The molecule has 0 spiro atoms. The summed E-state index contributed by atoms with van der Waals surface area (Å²) in [6.07, 6.45) is 5.43. The average Bonchev–Trinajstić information content (AvgIpc) is 2.91. The molecule has 0 saturated heterocycles. The minimum Gasteiger partial charge on any atom is -0.396 e. The van der Waals surface area contributed by atoms with Gasteiger partial charge >= 0.3 is 0 Å². The number of fused-ring (bicyclic) bond motifs is 1. The molecule has 3 heteroatoms. The second kappa shape index (κ2) is 5.17. The van der Waals surface area contributed by atoms with Gasteiger partial charge in [0.05, 0.1) is 0 Å². The summed E-state index contributed by atoms with van der Waals surface area (Å²) in [5.41, 5.74) is 0. The smallest absolute Gasteiger partial charge is 0.223 e. The topological polar surface area (TPSA) is 49.3 Å². The van der Waals surface area contributed by atoms with Crippen molar-refractivity contribution in [3.05, 3.63) is 0 Å². The summed E-state index contributed by atoms with van der Waals surface area (Å²) in [5, 5.41) is 11.9. The van der Waals surface area contributed by atoms with E-state index in [0.29, 0.717) is 5.92 Å². The molecule has 0 bridgehead atoms. The van der Waals surface area contributed by atoms with E-state index in [2.05, 4.69) is 12.2 Å². The Balaban J connectivity index is 1.66. The fourth-order valence-electron chi connectivity index (χ4n) is 2.95. The first-order valence-corrected chi connectivity index (χ1v) is 6.63. The van der Waals surface area contributed by atoms with E-state index in [1.54, 1.807) is 0 Å². The lowest BCUT2D eigenvalue weighted by Crippen LogP contribution is -2.34. The van der Waals surface area contributed by atoms with E-state index in [4.69, 9.17) is 5.11 Å². The van der Waals surface area contributed by atoms with Crippen LogP contribution in [0.4, 0.5) is 0 Å². The van der Waals surface area contributed by atoms with Crippen molar-refractivity contribution < 1.29 is 9.90 Å². The second-order valence-electron chi connectivity index (χ2n) is 5.46.